The first-order valence-electron chi connectivity index (χ1n) is 8.25. The lowest BCUT2D eigenvalue weighted by Crippen LogP contribution is -3.10. The molecule has 0 radical (unpaired) electrons. The van der Waals surface area contributed by atoms with Crippen LogP contribution in [-0.4, -0.2) is 12.5 Å². The number of anilines is 1. The van der Waals surface area contributed by atoms with Crippen molar-refractivity contribution in [1.82, 2.24) is 0 Å². The van der Waals surface area contributed by atoms with Crippen LogP contribution in [0.2, 0.25) is 0 Å². The van der Waals surface area contributed by atoms with Gasteiger partial charge in [-0.15, -0.1) is 0 Å². The Hall–Kier alpha value is -3.00. The van der Waals surface area contributed by atoms with E-state index in [1.54, 1.807) is 24.7 Å². The van der Waals surface area contributed by atoms with Crippen molar-refractivity contribution in [3.63, 3.8) is 0 Å². The number of halogens is 3. The molecule has 3 rings (SSSR count). The van der Waals surface area contributed by atoms with Crippen molar-refractivity contribution in [2.45, 2.75) is 19.3 Å². The Labute approximate surface area is 153 Å². The van der Waals surface area contributed by atoms with Crippen molar-refractivity contribution in [2.24, 2.45) is 0 Å². The van der Waals surface area contributed by atoms with Crippen LogP contribution in [0.3, 0.4) is 0 Å². The molecular formula is C19H18F3N2O3+. The van der Waals surface area contributed by atoms with E-state index < -0.39 is 11.7 Å². The van der Waals surface area contributed by atoms with E-state index in [4.69, 9.17) is 8.83 Å². The van der Waals surface area contributed by atoms with Crippen LogP contribution in [0, 0.1) is 0 Å². The van der Waals surface area contributed by atoms with Gasteiger partial charge >= 0.3 is 6.18 Å². The molecule has 0 atom stereocenters. The zero-order valence-electron chi connectivity index (χ0n) is 14.3. The number of hydrogen-bond acceptors (Lipinski definition) is 3. The van der Waals surface area contributed by atoms with Gasteiger partial charge in [-0.3, -0.25) is 4.79 Å². The standard InChI is InChI=1S/C19H17F3N2O3/c20-19(21,22)14-5-7-15(8-6-14)23-18(25)13-24(11-16-3-1-9-26-16)12-17-4-2-10-27-17/h1-10H,11-13H2,(H,23,25)/p+1. The van der Waals surface area contributed by atoms with Gasteiger partial charge in [0, 0.05) is 5.69 Å². The predicted octanol–water partition coefficient (Wildman–Crippen LogP) is 3.12. The maximum Gasteiger partial charge on any atom is 0.416 e. The van der Waals surface area contributed by atoms with E-state index in [2.05, 4.69) is 5.32 Å². The molecule has 2 heterocycles. The minimum absolute atomic E-state index is 0.0996. The number of furan rings is 2. The zero-order valence-corrected chi connectivity index (χ0v) is 14.3. The maximum atomic E-state index is 12.6. The molecule has 1 amide bonds. The van der Waals surface area contributed by atoms with Crippen molar-refractivity contribution < 1.29 is 31.7 Å². The van der Waals surface area contributed by atoms with Gasteiger partial charge in [0.25, 0.3) is 5.91 Å². The Morgan fingerprint density at radius 3 is 1.93 bits per heavy atom. The molecule has 0 spiro atoms. The quantitative estimate of drug-likeness (QED) is 0.663. The van der Waals surface area contributed by atoms with E-state index in [9.17, 15) is 18.0 Å². The molecule has 2 aromatic heterocycles. The van der Waals surface area contributed by atoms with Crippen LogP contribution < -0.4 is 10.2 Å². The zero-order chi connectivity index (χ0) is 19.3. The maximum absolute atomic E-state index is 12.6. The van der Waals surface area contributed by atoms with Crippen LogP contribution in [0.5, 0.6) is 0 Å². The summed E-state index contributed by atoms with van der Waals surface area (Å²) in [6, 6.07) is 11.5. The molecule has 0 aliphatic carbocycles. The third-order valence-corrected chi connectivity index (χ3v) is 3.92. The second-order valence-electron chi connectivity index (χ2n) is 6.06. The Morgan fingerprint density at radius 2 is 1.48 bits per heavy atom. The van der Waals surface area contributed by atoms with Crippen LogP contribution in [0.15, 0.2) is 69.9 Å². The first-order valence-corrected chi connectivity index (χ1v) is 8.25. The average molecular weight is 379 g/mol. The van der Waals surface area contributed by atoms with Gasteiger partial charge in [-0.05, 0) is 48.5 Å². The van der Waals surface area contributed by atoms with Crippen LogP contribution in [0.1, 0.15) is 17.1 Å². The fourth-order valence-corrected chi connectivity index (χ4v) is 2.68. The third kappa shape index (κ3) is 5.49. The van der Waals surface area contributed by atoms with Gasteiger partial charge in [0.1, 0.15) is 13.1 Å². The summed E-state index contributed by atoms with van der Waals surface area (Å²) in [4.78, 5) is 13.2. The molecule has 0 aliphatic heterocycles. The lowest BCUT2D eigenvalue weighted by Gasteiger charge is -2.17. The summed E-state index contributed by atoms with van der Waals surface area (Å²) in [6.45, 7) is 1.03. The molecule has 5 nitrogen and oxygen atoms in total. The molecule has 8 heteroatoms. The van der Waals surface area contributed by atoms with Crippen molar-refractivity contribution in [3.8, 4) is 0 Å². The van der Waals surface area contributed by atoms with Crippen LogP contribution in [0.25, 0.3) is 0 Å². The Balaban J connectivity index is 1.63. The molecule has 0 saturated carbocycles. The predicted molar refractivity (Wildman–Crippen MR) is 90.7 cm³/mol. The molecular weight excluding hydrogens is 361 g/mol. The molecule has 0 saturated heterocycles. The SMILES string of the molecule is O=C(C[NH+](Cc1ccco1)Cc1ccco1)Nc1ccc(C(F)(F)F)cc1. The minimum atomic E-state index is -4.41. The van der Waals surface area contributed by atoms with Gasteiger partial charge in [-0.1, -0.05) is 0 Å². The third-order valence-electron chi connectivity index (χ3n) is 3.92. The second kappa shape index (κ2) is 8.13. The van der Waals surface area contributed by atoms with Crippen LogP contribution in [0.4, 0.5) is 18.9 Å². The highest BCUT2D eigenvalue weighted by atomic mass is 19.4. The summed E-state index contributed by atoms with van der Waals surface area (Å²) in [6.07, 6.45) is -1.29. The molecule has 1 aromatic carbocycles. The highest BCUT2D eigenvalue weighted by Crippen LogP contribution is 2.29. The summed E-state index contributed by atoms with van der Waals surface area (Å²) in [5.41, 5.74) is -0.452. The Kier molecular flexibility index (Phi) is 5.66. The number of benzene rings is 1. The van der Waals surface area contributed by atoms with E-state index in [1.807, 2.05) is 12.1 Å². The number of quaternary nitrogens is 1. The largest absolute Gasteiger partial charge is 0.463 e. The molecule has 142 valence electrons. The number of amides is 1. The number of nitrogens with one attached hydrogen (secondary N) is 2. The van der Waals surface area contributed by atoms with Gasteiger partial charge in [0.2, 0.25) is 0 Å². The fourth-order valence-electron chi connectivity index (χ4n) is 2.68. The van der Waals surface area contributed by atoms with E-state index >= 15 is 0 Å². The van der Waals surface area contributed by atoms with Crippen LogP contribution in [-0.2, 0) is 24.1 Å². The molecule has 0 unspecified atom stereocenters. The van der Waals surface area contributed by atoms with Gasteiger partial charge in [-0.25, -0.2) is 0 Å². The average Bonchev–Trinajstić information content (AvgIpc) is 3.28. The molecule has 0 fully saturated rings. The monoisotopic (exact) mass is 379 g/mol. The van der Waals surface area contributed by atoms with Crippen LogP contribution >= 0.6 is 0 Å². The van der Waals surface area contributed by atoms with Crippen molar-refractivity contribution >= 4 is 11.6 Å². The first-order chi connectivity index (χ1) is 12.9. The normalized spacial score (nSPS) is 11.7. The number of rotatable bonds is 7. The highest BCUT2D eigenvalue weighted by Gasteiger charge is 2.30. The molecule has 2 N–H and O–H groups in total. The number of carbonyl (C=O) groups is 1. The van der Waals surface area contributed by atoms with E-state index in [-0.39, 0.29) is 12.5 Å². The molecule has 0 aliphatic rings. The fraction of sp³-hybridized carbons (Fsp3) is 0.211. The summed E-state index contributed by atoms with van der Waals surface area (Å²) < 4.78 is 48.5. The Morgan fingerprint density at radius 1 is 0.926 bits per heavy atom. The van der Waals surface area contributed by atoms with Gasteiger partial charge in [0.05, 0.1) is 18.1 Å². The summed E-state index contributed by atoms with van der Waals surface area (Å²) in [5, 5.41) is 2.62. The first kappa shape index (κ1) is 18.8. The summed E-state index contributed by atoms with van der Waals surface area (Å²) in [7, 11) is 0. The highest BCUT2D eigenvalue weighted by molar-refractivity contribution is 5.91. The van der Waals surface area contributed by atoms with Crippen molar-refractivity contribution in [3.05, 3.63) is 78.1 Å². The molecule has 0 bridgehead atoms. The van der Waals surface area contributed by atoms with Crippen molar-refractivity contribution in [2.75, 3.05) is 11.9 Å². The lowest BCUT2D eigenvalue weighted by molar-refractivity contribution is -0.921. The smallest absolute Gasteiger partial charge is 0.416 e. The molecule has 27 heavy (non-hydrogen) atoms. The summed E-state index contributed by atoms with van der Waals surface area (Å²) >= 11 is 0. The summed E-state index contributed by atoms with van der Waals surface area (Å²) in [5.74, 6) is 1.13. The van der Waals surface area contributed by atoms with E-state index in [0.717, 1.165) is 28.6 Å². The van der Waals surface area contributed by atoms with Gasteiger partial charge in [-0.2, -0.15) is 13.2 Å². The van der Waals surface area contributed by atoms with Gasteiger partial charge < -0.3 is 19.1 Å². The van der Waals surface area contributed by atoms with Gasteiger partial charge in [0.15, 0.2) is 18.1 Å². The second-order valence-corrected chi connectivity index (χ2v) is 6.06. The van der Waals surface area contributed by atoms with E-state index in [0.29, 0.717) is 18.8 Å². The number of alkyl halides is 3. The minimum Gasteiger partial charge on any atom is -0.463 e. The number of carbonyl (C=O) groups excluding carboxylic acids is 1. The topological polar surface area (TPSA) is 59.8 Å². The molecule has 3 aromatic rings. The van der Waals surface area contributed by atoms with Crippen molar-refractivity contribution in [1.29, 1.82) is 0 Å². The Bertz CT molecular complexity index is 805. The van der Waals surface area contributed by atoms with E-state index in [1.165, 1.54) is 12.1 Å². The number of hydrogen-bond donors (Lipinski definition) is 2. The lowest BCUT2D eigenvalue weighted by atomic mass is 10.2.